The third-order valence-electron chi connectivity index (χ3n) is 4.09. The second-order valence-electron chi connectivity index (χ2n) is 5.52. The molecule has 0 bridgehead atoms. The number of carbonyl (C=O) groups excluding carboxylic acids is 1. The molecule has 2 aliphatic rings. The maximum Gasteiger partial charge on any atom is 0.332 e. The summed E-state index contributed by atoms with van der Waals surface area (Å²) in [6, 6.07) is 0. The molecule has 6 nitrogen and oxygen atoms in total. The fraction of sp³-hybridized carbons (Fsp3) is 0.846. The first-order chi connectivity index (χ1) is 9.06. The van der Waals surface area contributed by atoms with E-state index in [2.05, 4.69) is 5.32 Å². The van der Waals surface area contributed by atoms with Crippen LogP contribution in [0.15, 0.2) is 0 Å². The number of aliphatic hydroxyl groups excluding tert-OH is 1. The Morgan fingerprint density at radius 1 is 1.16 bits per heavy atom. The molecule has 1 heterocycles. The lowest BCUT2D eigenvalue weighted by atomic mass is 9.82. The normalized spacial score (nSPS) is 29.9. The first-order valence-electron chi connectivity index (χ1n) is 6.87. The van der Waals surface area contributed by atoms with Crippen molar-refractivity contribution in [1.29, 1.82) is 0 Å². The minimum Gasteiger partial charge on any atom is -0.479 e. The molecule has 2 rings (SSSR count). The number of ether oxygens (including phenoxy) is 1. The molecule has 19 heavy (non-hydrogen) atoms. The summed E-state index contributed by atoms with van der Waals surface area (Å²) in [6.45, 7) is -0.0756. The van der Waals surface area contributed by atoms with Gasteiger partial charge in [-0.2, -0.15) is 0 Å². The third kappa shape index (κ3) is 3.25. The first-order valence-corrected chi connectivity index (χ1v) is 6.87. The summed E-state index contributed by atoms with van der Waals surface area (Å²) in [7, 11) is 0. The van der Waals surface area contributed by atoms with E-state index in [4.69, 9.17) is 9.84 Å². The van der Waals surface area contributed by atoms with E-state index in [0.717, 1.165) is 32.1 Å². The first kappa shape index (κ1) is 14.3. The lowest BCUT2D eigenvalue weighted by Crippen LogP contribution is -2.55. The Morgan fingerprint density at radius 3 is 2.32 bits per heavy atom. The van der Waals surface area contributed by atoms with Crippen LogP contribution in [0.25, 0.3) is 0 Å². The highest BCUT2D eigenvalue weighted by Gasteiger charge is 2.39. The van der Waals surface area contributed by atoms with E-state index in [0.29, 0.717) is 12.8 Å². The Kier molecular flexibility index (Phi) is 4.42. The Labute approximate surface area is 112 Å². The molecule has 1 aliphatic heterocycles. The average molecular weight is 271 g/mol. The van der Waals surface area contributed by atoms with Crippen molar-refractivity contribution in [2.45, 2.75) is 62.7 Å². The van der Waals surface area contributed by atoms with Crippen molar-refractivity contribution in [2.75, 3.05) is 6.61 Å². The smallest absolute Gasteiger partial charge is 0.332 e. The number of aliphatic hydroxyl groups is 1. The number of carbonyl (C=O) groups is 2. The molecule has 6 heteroatoms. The van der Waals surface area contributed by atoms with Crippen LogP contribution in [-0.4, -0.2) is 46.4 Å². The van der Waals surface area contributed by atoms with Gasteiger partial charge < -0.3 is 20.3 Å². The highest BCUT2D eigenvalue weighted by molar-refractivity contribution is 5.83. The summed E-state index contributed by atoms with van der Waals surface area (Å²) in [4.78, 5) is 22.9. The molecule has 1 saturated carbocycles. The van der Waals surface area contributed by atoms with Gasteiger partial charge in [-0.25, -0.2) is 4.79 Å². The van der Waals surface area contributed by atoms with Crippen LogP contribution in [-0.2, 0) is 14.3 Å². The zero-order chi connectivity index (χ0) is 13.9. The second kappa shape index (κ2) is 5.88. The predicted molar refractivity (Wildman–Crippen MR) is 66.6 cm³/mol. The fourth-order valence-electron chi connectivity index (χ4n) is 2.90. The van der Waals surface area contributed by atoms with Crippen molar-refractivity contribution in [2.24, 2.45) is 0 Å². The van der Waals surface area contributed by atoms with E-state index in [1.807, 2.05) is 0 Å². The predicted octanol–water partition coefficient (Wildman–Crippen LogP) is 0.430. The number of rotatable bonds is 4. The van der Waals surface area contributed by atoms with Gasteiger partial charge in [0.2, 0.25) is 5.91 Å². The minimum absolute atomic E-state index is 0.0756. The largest absolute Gasteiger partial charge is 0.479 e. The topological polar surface area (TPSA) is 95.9 Å². The molecular formula is C13H21NO5. The van der Waals surface area contributed by atoms with Crippen LogP contribution in [0.3, 0.4) is 0 Å². The number of nitrogens with one attached hydrogen (secondary N) is 1. The average Bonchev–Trinajstić information content (AvgIpc) is 2.89. The van der Waals surface area contributed by atoms with E-state index < -0.39 is 23.7 Å². The summed E-state index contributed by atoms with van der Waals surface area (Å²) < 4.78 is 5.22. The molecule has 3 N–H and O–H groups in total. The zero-order valence-corrected chi connectivity index (χ0v) is 10.9. The Morgan fingerprint density at radius 2 is 1.79 bits per heavy atom. The number of aliphatic carboxylic acids is 1. The molecule has 0 aromatic heterocycles. The van der Waals surface area contributed by atoms with Crippen LogP contribution in [0.2, 0.25) is 0 Å². The van der Waals surface area contributed by atoms with Gasteiger partial charge in [0.15, 0.2) is 6.10 Å². The van der Waals surface area contributed by atoms with Gasteiger partial charge in [0.25, 0.3) is 0 Å². The molecule has 2 fully saturated rings. The van der Waals surface area contributed by atoms with Gasteiger partial charge in [0, 0.05) is 0 Å². The van der Waals surface area contributed by atoms with Crippen molar-refractivity contribution in [3.63, 3.8) is 0 Å². The van der Waals surface area contributed by atoms with Gasteiger partial charge in [0.05, 0.1) is 12.1 Å². The van der Waals surface area contributed by atoms with Crippen LogP contribution in [0.1, 0.15) is 44.9 Å². The third-order valence-corrected chi connectivity index (χ3v) is 4.09. The Balaban J connectivity index is 1.91. The molecular weight excluding hydrogens is 250 g/mol. The maximum absolute atomic E-state index is 12.1. The molecule has 0 spiro atoms. The van der Waals surface area contributed by atoms with Crippen molar-refractivity contribution in [1.82, 2.24) is 5.32 Å². The van der Waals surface area contributed by atoms with Gasteiger partial charge in [-0.1, -0.05) is 19.3 Å². The molecule has 0 unspecified atom stereocenters. The molecule has 1 aliphatic carbocycles. The number of hydrogen-bond acceptors (Lipinski definition) is 4. The summed E-state index contributed by atoms with van der Waals surface area (Å²) in [6.07, 6.45) is 3.84. The molecule has 2 atom stereocenters. The van der Waals surface area contributed by atoms with Crippen molar-refractivity contribution in [3.05, 3.63) is 0 Å². The highest BCUT2D eigenvalue weighted by Crippen LogP contribution is 2.29. The summed E-state index contributed by atoms with van der Waals surface area (Å²) in [5.41, 5.74) is -0.542. The van der Waals surface area contributed by atoms with E-state index >= 15 is 0 Å². The fourth-order valence-corrected chi connectivity index (χ4v) is 2.90. The minimum atomic E-state index is -1.02. The Bertz CT molecular complexity index is 351. The van der Waals surface area contributed by atoms with Gasteiger partial charge in [-0.05, 0) is 25.7 Å². The number of carboxylic acids is 1. The molecule has 1 saturated heterocycles. The van der Waals surface area contributed by atoms with Crippen molar-refractivity contribution in [3.8, 4) is 0 Å². The second-order valence-corrected chi connectivity index (χ2v) is 5.52. The lowest BCUT2D eigenvalue weighted by Gasteiger charge is -2.37. The van der Waals surface area contributed by atoms with E-state index in [-0.39, 0.29) is 12.5 Å². The van der Waals surface area contributed by atoms with Gasteiger partial charge >= 0.3 is 5.97 Å². The van der Waals surface area contributed by atoms with Gasteiger partial charge in [0.1, 0.15) is 6.10 Å². The maximum atomic E-state index is 12.1. The molecule has 108 valence electrons. The SMILES string of the molecule is O=C(NC1(CO)CCCCC1)[C@@H]1CC[C@H](C(=O)O)O1. The molecule has 0 aromatic carbocycles. The monoisotopic (exact) mass is 271 g/mol. The summed E-state index contributed by atoms with van der Waals surface area (Å²) in [5, 5.41) is 21.2. The van der Waals surface area contributed by atoms with E-state index in [1.54, 1.807) is 0 Å². The van der Waals surface area contributed by atoms with Crippen LogP contribution in [0, 0.1) is 0 Å². The lowest BCUT2D eigenvalue weighted by molar-refractivity contribution is -0.152. The van der Waals surface area contributed by atoms with E-state index in [9.17, 15) is 14.7 Å². The van der Waals surface area contributed by atoms with Crippen LogP contribution in [0.5, 0.6) is 0 Å². The van der Waals surface area contributed by atoms with Gasteiger partial charge in [-0.15, -0.1) is 0 Å². The van der Waals surface area contributed by atoms with Crippen LogP contribution in [0.4, 0.5) is 0 Å². The number of amides is 1. The van der Waals surface area contributed by atoms with Crippen LogP contribution < -0.4 is 5.32 Å². The highest BCUT2D eigenvalue weighted by atomic mass is 16.5. The molecule has 0 radical (unpaired) electrons. The summed E-state index contributed by atoms with van der Waals surface area (Å²) >= 11 is 0. The van der Waals surface area contributed by atoms with Gasteiger partial charge in [-0.3, -0.25) is 4.79 Å². The molecule has 0 aromatic rings. The molecule has 1 amide bonds. The standard InChI is InChI=1S/C13H21NO5/c15-8-13(6-2-1-3-7-13)14-11(16)9-4-5-10(19-9)12(17)18/h9-10,15H,1-8H2,(H,14,16)(H,17,18)/t9-,10+/m0/s1. The number of hydrogen-bond donors (Lipinski definition) is 3. The van der Waals surface area contributed by atoms with Crippen molar-refractivity contribution >= 4 is 11.9 Å². The summed E-state index contributed by atoms with van der Waals surface area (Å²) in [5.74, 6) is -1.32. The number of carboxylic acid groups (broad SMARTS) is 1. The van der Waals surface area contributed by atoms with Crippen molar-refractivity contribution < 1.29 is 24.5 Å². The quantitative estimate of drug-likeness (QED) is 0.689. The van der Waals surface area contributed by atoms with E-state index in [1.165, 1.54) is 0 Å². The Hall–Kier alpha value is -1.14. The zero-order valence-electron chi connectivity index (χ0n) is 10.9. The van der Waals surface area contributed by atoms with Crippen LogP contribution >= 0.6 is 0 Å².